The zero-order chi connectivity index (χ0) is 17.2. The number of halogens is 3. The van der Waals surface area contributed by atoms with E-state index < -0.39 is 30.4 Å². The van der Waals surface area contributed by atoms with Crippen LogP contribution in [0.2, 0.25) is 0 Å². The van der Waals surface area contributed by atoms with Gasteiger partial charge in [0.25, 0.3) is 11.8 Å². The highest BCUT2D eigenvalue weighted by molar-refractivity contribution is 6.21. The van der Waals surface area contributed by atoms with E-state index in [0.29, 0.717) is 11.1 Å². The van der Waals surface area contributed by atoms with E-state index in [1.165, 1.54) is 0 Å². The molecule has 0 saturated carbocycles. The first-order valence-corrected chi connectivity index (χ1v) is 6.99. The number of nitrogens with zero attached hydrogens (tertiary/aromatic N) is 1. The maximum Gasteiger partial charge on any atom is 0.405 e. The Labute approximate surface area is 130 Å². The van der Waals surface area contributed by atoms with Crippen LogP contribution in [0.1, 0.15) is 39.1 Å². The van der Waals surface area contributed by atoms with Gasteiger partial charge < -0.3 is 5.32 Å². The van der Waals surface area contributed by atoms with E-state index >= 15 is 0 Å². The highest BCUT2D eigenvalue weighted by Crippen LogP contribution is 2.24. The van der Waals surface area contributed by atoms with Gasteiger partial charge in [0.15, 0.2) is 0 Å². The predicted molar refractivity (Wildman–Crippen MR) is 74.8 cm³/mol. The van der Waals surface area contributed by atoms with E-state index in [0.717, 1.165) is 10.5 Å². The Balaban J connectivity index is 1.87. The van der Waals surface area contributed by atoms with Crippen LogP contribution in [0.15, 0.2) is 18.2 Å². The van der Waals surface area contributed by atoms with Gasteiger partial charge in [-0.15, -0.1) is 0 Å². The van der Waals surface area contributed by atoms with E-state index in [1.54, 1.807) is 30.4 Å². The van der Waals surface area contributed by atoms with Crippen molar-refractivity contribution in [1.29, 1.82) is 0 Å². The number of rotatable bonds is 5. The molecule has 0 unspecified atom stereocenters. The molecule has 0 atom stereocenters. The number of nitrogens with one attached hydrogen (secondary N) is 1. The minimum absolute atomic E-state index is 0.00910. The molecule has 0 aliphatic carbocycles. The smallest absolute Gasteiger partial charge is 0.347 e. The van der Waals surface area contributed by atoms with Crippen molar-refractivity contribution in [3.05, 3.63) is 34.9 Å². The number of alkyl halides is 3. The van der Waals surface area contributed by atoms with Gasteiger partial charge in [-0.05, 0) is 25.5 Å². The number of imide groups is 1. The topological polar surface area (TPSA) is 66.5 Å². The molecule has 1 N–H and O–H groups in total. The van der Waals surface area contributed by atoms with Gasteiger partial charge >= 0.3 is 6.18 Å². The molecule has 0 saturated heterocycles. The molecule has 0 fully saturated rings. The second-order valence-corrected chi connectivity index (χ2v) is 5.31. The molecule has 1 aromatic rings. The van der Waals surface area contributed by atoms with E-state index in [-0.39, 0.29) is 19.4 Å². The van der Waals surface area contributed by atoms with Crippen LogP contribution in [-0.2, 0) is 4.79 Å². The lowest BCUT2D eigenvalue weighted by molar-refractivity contribution is -0.138. The maximum absolute atomic E-state index is 12.1. The quantitative estimate of drug-likeness (QED) is 0.841. The van der Waals surface area contributed by atoms with Crippen LogP contribution in [0, 0.1) is 6.92 Å². The van der Waals surface area contributed by atoms with Gasteiger partial charge in [-0.1, -0.05) is 11.6 Å². The van der Waals surface area contributed by atoms with Crippen LogP contribution in [0.25, 0.3) is 0 Å². The monoisotopic (exact) mass is 328 g/mol. The summed E-state index contributed by atoms with van der Waals surface area (Å²) >= 11 is 0. The molecule has 3 amide bonds. The summed E-state index contributed by atoms with van der Waals surface area (Å²) in [7, 11) is 0. The Hall–Kier alpha value is -2.38. The second kappa shape index (κ2) is 6.39. The van der Waals surface area contributed by atoms with E-state index in [9.17, 15) is 27.6 Å². The second-order valence-electron chi connectivity index (χ2n) is 5.31. The summed E-state index contributed by atoms with van der Waals surface area (Å²) in [6.07, 6.45) is -4.55. The molecule has 23 heavy (non-hydrogen) atoms. The molecule has 1 aromatic carbocycles. The zero-order valence-electron chi connectivity index (χ0n) is 12.4. The Morgan fingerprint density at radius 1 is 1.17 bits per heavy atom. The first-order valence-electron chi connectivity index (χ1n) is 6.99. The number of hydrogen-bond acceptors (Lipinski definition) is 3. The third-order valence-electron chi connectivity index (χ3n) is 3.40. The highest BCUT2D eigenvalue weighted by Gasteiger charge is 2.35. The standard InChI is InChI=1S/C15H15F3N2O3/c1-9-4-5-10-11(7-9)14(23)20(13(10)22)6-2-3-12(21)19-8-15(16,17)18/h4-5,7H,2-3,6,8H2,1H3,(H,19,21). The predicted octanol–water partition coefficient (Wildman–Crippen LogP) is 2.05. The summed E-state index contributed by atoms with van der Waals surface area (Å²) < 4.78 is 35.9. The van der Waals surface area contributed by atoms with Crippen LogP contribution in [0.4, 0.5) is 13.2 Å². The van der Waals surface area contributed by atoms with Crippen LogP contribution >= 0.6 is 0 Å². The van der Waals surface area contributed by atoms with Crippen molar-refractivity contribution in [2.75, 3.05) is 13.1 Å². The van der Waals surface area contributed by atoms with Crippen LogP contribution in [0.3, 0.4) is 0 Å². The average molecular weight is 328 g/mol. The molecular weight excluding hydrogens is 313 g/mol. The van der Waals surface area contributed by atoms with Gasteiger partial charge in [0.2, 0.25) is 5.91 Å². The molecule has 0 radical (unpaired) electrons. The van der Waals surface area contributed by atoms with Crippen molar-refractivity contribution in [1.82, 2.24) is 10.2 Å². The molecule has 0 aromatic heterocycles. The summed E-state index contributed by atoms with van der Waals surface area (Å²) in [5.74, 6) is -1.65. The number of benzene rings is 1. The van der Waals surface area contributed by atoms with Gasteiger partial charge in [-0.2, -0.15) is 13.2 Å². The van der Waals surface area contributed by atoms with E-state index in [1.807, 2.05) is 0 Å². The minimum atomic E-state index is -4.46. The summed E-state index contributed by atoms with van der Waals surface area (Å²) in [4.78, 5) is 36.6. The Morgan fingerprint density at radius 2 is 1.83 bits per heavy atom. The molecule has 5 nitrogen and oxygen atoms in total. The Bertz CT molecular complexity index is 656. The fraction of sp³-hybridized carbons (Fsp3) is 0.400. The summed E-state index contributed by atoms with van der Waals surface area (Å²) in [5, 5.41) is 1.74. The first kappa shape index (κ1) is 17.0. The molecule has 1 aliphatic rings. The van der Waals surface area contributed by atoms with Gasteiger partial charge in [-0.25, -0.2) is 0 Å². The minimum Gasteiger partial charge on any atom is -0.347 e. The highest BCUT2D eigenvalue weighted by atomic mass is 19.4. The van der Waals surface area contributed by atoms with Crippen molar-refractivity contribution in [3.8, 4) is 0 Å². The van der Waals surface area contributed by atoms with E-state index in [4.69, 9.17) is 0 Å². The van der Waals surface area contributed by atoms with Crippen molar-refractivity contribution < 1.29 is 27.6 Å². The van der Waals surface area contributed by atoms with Crippen molar-refractivity contribution in [2.24, 2.45) is 0 Å². The number of aryl methyl sites for hydroxylation is 1. The molecule has 1 aliphatic heterocycles. The lowest BCUT2D eigenvalue weighted by Crippen LogP contribution is -2.35. The van der Waals surface area contributed by atoms with Crippen molar-refractivity contribution in [3.63, 3.8) is 0 Å². The lowest BCUT2D eigenvalue weighted by Gasteiger charge is -2.13. The largest absolute Gasteiger partial charge is 0.405 e. The van der Waals surface area contributed by atoms with Crippen molar-refractivity contribution >= 4 is 17.7 Å². The average Bonchev–Trinajstić information content (AvgIpc) is 2.69. The number of hydrogen-bond donors (Lipinski definition) is 1. The van der Waals surface area contributed by atoms with Crippen LogP contribution < -0.4 is 5.32 Å². The molecule has 8 heteroatoms. The Kier molecular flexibility index (Phi) is 4.72. The number of carbonyl (C=O) groups is 3. The van der Waals surface area contributed by atoms with Crippen LogP contribution in [0.5, 0.6) is 0 Å². The normalized spacial score (nSPS) is 14.2. The molecule has 1 heterocycles. The fourth-order valence-electron chi connectivity index (χ4n) is 2.29. The number of fused-ring (bicyclic) bond motifs is 1. The number of carbonyl (C=O) groups excluding carboxylic acids is 3. The molecule has 2 rings (SSSR count). The van der Waals surface area contributed by atoms with Gasteiger partial charge in [0, 0.05) is 13.0 Å². The van der Waals surface area contributed by atoms with Crippen LogP contribution in [-0.4, -0.2) is 41.9 Å². The summed E-state index contributed by atoms with van der Waals surface area (Å²) in [6, 6.07) is 4.91. The third kappa shape index (κ3) is 4.08. The zero-order valence-corrected chi connectivity index (χ0v) is 12.4. The Morgan fingerprint density at radius 3 is 2.48 bits per heavy atom. The molecule has 0 spiro atoms. The SMILES string of the molecule is Cc1ccc2c(c1)C(=O)N(CCCC(=O)NCC(F)(F)F)C2=O. The molecular formula is C15H15F3N2O3. The van der Waals surface area contributed by atoms with E-state index in [2.05, 4.69) is 0 Å². The van der Waals surface area contributed by atoms with Gasteiger partial charge in [0.05, 0.1) is 11.1 Å². The number of amides is 3. The van der Waals surface area contributed by atoms with Crippen molar-refractivity contribution in [2.45, 2.75) is 25.9 Å². The molecule has 124 valence electrons. The fourth-order valence-corrected chi connectivity index (χ4v) is 2.29. The lowest BCUT2D eigenvalue weighted by atomic mass is 10.1. The summed E-state index contributed by atoms with van der Waals surface area (Å²) in [6.45, 7) is 0.397. The molecule has 0 bridgehead atoms. The maximum atomic E-state index is 12.1. The first-order chi connectivity index (χ1) is 10.7. The van der Waals surface area contributed by atoms with Gasteiger partial charge in [-0.3, -0.25) is 19.3 Å². The van der Waals surface area contributed by atoms with Gasteiger partial charge in [0.1, 0.15) is 6.54 Å². The third-order valence-corrected chi connectivity index (χ3v) is 3.40. The summed E-state index contributed by atoms with van der Waals surface area (Å²) in [5.41, 5.74) is 1.47.